The highest BCUT2D eigenvalue weighted by atomic mass is 79.9. The number of hydrogen-bond donors (Lipinski definition) is 0. The molecular weight excluding hydrogens is 488 g/mol. The molecular formula is C23H27BrN6O3. The molecule has 33 heavy (non-hydrogen) atoms. The Morgan fingerprint density at radius 2 is 1.70 bits per heavy atom. The van der Waals surface area contributed by atoms with E-state index in [1.807, 2.05) is 35.6 Å². The summed E-state index contributed by atoms with van der Waals surface area (Å²) in [6, 6.07) is 7.62. The maximum atomic E-state index is 13.6. The fourth-order valence-electron chi connectivity index (χ4n) is 4.56. The van der Waals surface area contributed by atoms with Crippen molar-refractivity contribution in [1.29, 1.82) is 0 Å². The minimum Gasteiger partial charge on any atom is -0.379 e. The number of morpholine rings is 1. The highest BCUT2D eigenvalue weighted by molar-refractivity contribution is 9.10. The van der Waals surface area contributed by atoms with Gasteiger partial charge in [-0.15, -0.1) is 0 Å². The molecule has 9 nitrogen and oxygen atoms in total. The molecule has 1 aliphatic heterocycles. The van der Waals surface area contributed by atoms with Gasteiger partial charge in [0.1, 0.15) is 0 Å². The molecule has 0 spiro atoms. The lowest BCUT2D eigenvalue weighted by atomic mass is 10.2. The topological polar surface area (TPSA) is 78.7 Å². The van der Waals surface area contributed by atoms with Gasteiger partial charge in [0.15, 0.2) is 11.2 Å². The predicted octanol–water partition coefficient (Wildman–Crippen LogP) is 1.91. The molecule has 0 unspecified atom stereocenters. The Kier molecular flexibility index (Phi) is 5.75. The Labute approximate surface area is 198 Å². The SMILES string of the molecule is Cc1c(C)n2c3c(=O)n(Cc4ccc(Br)cc4)c(=O)n(C)c3nc2n1CCN1CCOCC1. The number of nitrogens with zero attached hydrogens (tertiary/aromatic N) is 6. The van der Waals surface area contributed by atoms with Crippen LogP contribution >= 0.6 is 15.9 Å². The van der Waals surface area contributed by atoms with Gasteiger partial charge in [0.2, 0.25) is 5.78 Å². The third-order valence-electron chi connectivity index (χ3n) is 6.63. The minimum atomic E-state index is -0.370. The van der Waals surface area contributed by atoms with Crippen molar-refractivity contribution in [3.05, 3.63) is 66.5 Å². The average Bonchev–Trinajstić information content (AvgIpc) is 3.32. The van der Waals surface area contributed by atoms with Crippen LogP contribution < -0.4 is 11.2 Å². The summed E-state index contributed by atoms with van der Waals surface area (Å²) in [6.45, 7) is 9.24. The average molecular weight is 515 g/mol. The third kappa shape index (κ3) is 3.75. The van der Waals surface area contributed by atoms with E-state index in [4.69, 9.17) is 9.72 Å². The molecule has 5 rings (SSSR count). The molecule has 10 heteroatoms. The van der Waals surface area contributed by atoms with Gasteiger partial charge in [-0.05, 0) is 31.5 Å². The summed E-state index contributed by atoms with van der Waals surface area (Å²) in [5.74, 6) is 0.696. The summed E-state index contributed by atoms with van der Waals surface area (Å²) >= 11 is 3.42. The minimum absolute atomic E-state index is 0.206. The normalized spacial score (nSPS) is 15.2. The fraction of sp³-hybridized carbons (Fsp3) is 0.435. The summed E-state index contributed by atoms with van der Waals surface area (Å²) in [7, 11) is 1.68. The van der Waals surface area contributed by atoms with E-state index in [-0.39, 0.29) is 17.8 Å². The Bertz CT molecular complexity index is 1450. The standard InChI is InChI=1S/C23H27BrN6O3/c1-15-16(2)30-19-20(25-22(30)28(15)9-8-27-10-12-33-13-11-27)26(3)23(32)29(21(19)31)14-17-4-6-18(24)7-5-17/h4-7H,8-14H2,1-3H3. The van der Waals surface area contributed by atoms with Crippen LogP contribution in [0.25, 0.3) is 16.9 Å². The van der Waals surface area contributed by atoms with Crippen molar-refractivity contribution in [3.8, 4) is 0 Å². The molecule has 1 aliphatic rings. The predicted molar refractivity (Wildman–Crippen MR) is 130 cm³/mol. The fourth-order valence-corrected chi connectivity index (χ4v) is 4.83. The first-order valence-corrected chi connectivity index (χ1v) is 11.9. The van der Waals surface area contributed by atoms with E-state index in [0.29, 0.717) is 16.9 Å². The summed E-state index contributed by atoms with van der Waals surface area (Å²) < 4.78 is 13.2. The van der Waals surface area contributed by atoms with Gasteiger partial charge >= 0.3 is 5.69 Å². The van der Waals surface area contributed by atoms with Crippen molar-refractivity contribution < 1.29 is 4.74 Å². The Morgan fingerprint density at radius 3 is 2.39 bits per heavy atom. The lowest BCUT2D eigenvalue weighted by Crippen LogP contribution is -2.39. The first kappa shape index (κ1) is 22.1. The number of halogens is 1. The van der Waals surface area contributed by atoms with E-state index in [9.17, 15) is 9.59 Å². The van der Waals surface area contributed by atoms with Crippen LogP contribution in [0.2, 0.25) is 0 Å². The molecule has 0 bridgehead atoms. The first-order valence-electron chi connectivity index (χ1n) is 11.1. The number of imidazole rings is 2. The van der Waals surface area contributed by atoms with Crippen LogP contribution in [0.3, 0.4) is 0 Å². The van der Waals surface area contributed by atoms with E-state index in [1.165, 1.54) is 9.13 Å². The Morgan fingerprint density at radius 1 is 1.00 bits per heavy atom. The number of hydrogen-bond acceptors (Lipinski definition) is 5. The largest absolute Gasteiger partial charge is 0.379 e. The van der Waals surface area contributed by atoms with Gasteiger partial charge in [-0.3, -0.25) is 23.2 Å². The van der Waals surface area contributed by atoms with E-state index in [0.717, 1.165) is 60.8 Å². The van der Waals surface area contributed by atoms with Crippen molar-refractivity contribution in [3.63, 3.8) is 0 Å². The van der Waals surface area contributed by atoms with E-state index in [1.54, 1.807) is 7.05 Å². The van der Waals surface area contributed by atoms with Crippen LogP contribution in [0.15, 0.2) is 38.3 Å². The molecule has 1 fully saturated rings. The molecule has 1 saturated heterocycles. The molecule has 0 radical (unpaired) electrons. The number of rotatable bonds is 5. The highest BCUT2D eigenvalue weighted by Crippen LogP contribution is 2.21. The van der Waals surface area contributed by atoms with Crippen molar-refractivity contribution in [1.82, 2.24) is 28.0 Å². The van der Waals surface area contributed by atoms with E-state index >= 15 is 0 Å². The number of benzene rings is 1. The molecule has 0 amide bonds. The van der Waals surface area contributed by atoms with E-state index in [2.05, 4.69) is 32.3 Å². The van der Waals surface area contributed by atoms with Gasteiger partial charge in [0, 0.05) is 49.1 Å². The third-order valence-corrected chi connectivity index (χ3v) is 7.16. The number of aromatic nitrogens is 5. The zero-order valence-electron chi connectivity index (χ0n) is 19.0. The summed E-state index contributed by atoms with van der Waals surface area (Å²) in [4.78, 5) is 33.8. The molecule has 0 atom stereocenters. The van der Waals surface area contributed by atoms with Gasteiger partial charge in [-0.25, -0.2) is 4.79 Å². The first-order chi connectivity index (χ1) is 15.9. The number of fused-ring (bicyclic) bond motifs is 3. The monoisotopic (exact) mass is 514 g/mol. The lowest BCUT2D eigenvalue weighted by Gasteiger charge is -2.26. The van der Waals surface area contributed by atoms with Crippen LogP contribution in [0, 0.1) is 13.8 Å². The number of ether oxygens (including phenoxy) is 1. The molecule has 1 aromatic carbocycles. The highest BCUT2D eigenvalue weighted by Gasteiger charge is 2.23. The molecule has 0 saturated carbocycles. The van der Waals surface area contributed by atoms with Crippen molar-refractivity contribution >= 4 is 32.9 Å². The van der Waals surface area contributed by atoms with Crippen LogP contribution in [0.4, 0.5) is 0 Å². The summed E-state index contributed by atoms with van der Waals surface area (Å²) in [6.07, 6.45) is 0. The second-order valence-electron chi connectivity index (χ2n) is 8.56. The van der Waals surface area contributed by atoms with Gasteiger partial charge in [-0.2, -0.15) is 4.98 Å². The summed E-state index contributed by atoms with van der Waals surface area (Å²) in [5.41, 5.74) is 3.07. The van der Waals surface area contributed by atoms with Gasteiger partial charge in [0.05, 0.1) is 19.8 Å². The Hall–Kier alpha value is -2.69. The van der Waals surface area contributed by atoms with Gasteiger partial charge in [-0.1, -0.05) is 28.1 Å². The Balaban J connectivity index is 1.63. The van der Waals surface area contributed by atoms with Gasteiger partial charge in [0.25, 0.3) is 5.56 Å². The molecule has 174 valence electrons. The smallest absolute Gasteiger partial charge is 0.332 e. The molecule has 3 aromatic heterocycles. The van der Waals surface area contributed by atoms with Crippen molar-refractivity contribution in [2.75, 3.05) is 32.8 Å². The van der Waals surface area contributed by atoms with Crippen LogP contribution in [0.5, 0.6) is 0 Å². The second kappa shape index (κ2) is 8.58. The van der Waals surface area contributed by atoms with Crippen LogP contribution in [-0.4, -0.2) is 60.8 Å². The van der Waals surface area contributed by atoms with Crippen molar-refractivity contribution in [2.24, 2.45) is 7.05 Å². The molecule has 0 aliphatic carbocycles. The quantitative estimate of drug-likeness (QED) is 0.406. The molecule has 4 heterocycles. The maximum Gasteiger partial charge on any atom is 0.332 e. The molecule has 4 aromatic rings. The van der Waals surface area contributed by atoms with E-state index < -0.39 is 0 Å². The van der Waals surface area contributed by atoms with Crippen molar-refractivity contribution in [2.45, 2.75) is 26.9 Å². The maximum absolute atomic E-state index is 13.6. The van der Waals surface area contributed by atoms with Crippen LogP contribution in [-0.2, 0) is 24.9 Å². The lowest BCUT2D eigenvalue weighted by molar-refractivity contribution is 0.0364. The number of aryl methyl sites for hydroxylation is 2. The second-order valence-corrected chi connectivity index (χ2v) is 9.47. The zero-order chi connectivity index (χ0) is 23.3. The van der Waals surface area contributed by atoms with Crippen LogP contribution in [0.1, 0.15) is 17.0 Å². The van der Waals surface area contributed by atoms with Gasteiger partial charge < -0.3 is 9.30 Å². The molecule has 0 N–H and O–H groups in total. The summed E-state index contributed by atoms with van der Waals surface area (Å²) in [5, 5.41) is 0. The zero-order valence-corrected chi connectivity index (χ0v) is 20.6.